The molecule has 0 radical (unpaired) electrons. The van der Waals surface area contributed by atoms with Crippen molar-refractivity contribution in [3.05, 3.63) is 46.1 Å². The first-order valence-corrected chi connectivity index (χ1v) is 10.6. The van der Waals surface area contributed by atoms with E-state index in [1.54, 1.807) is 12.4 Å². The Kier molecular flexibility index (Phi) is 6.04. The molecule has 0 bridgehead atoms. The van der Waals surface area contributed by atoms with Crippen molar-refractivity contribution in [2.75, 3.05) is 26.2 Å². The molecular weight excluding hydrogens is 366 g/mol. The molecule has 2 atom stereocenters. The third-order valence-electron chi connectivity index (χ3n) is 6.32. The lowest BCUT2D eigenvalue weighted by Gasteiger charge is -2.35. The van der Waals surface area contributed by atoms with Crippen LogP contribution in [0.3, 0.4) is 0 Å². The first kappa shape index (κ1) is 19.8. The molecule has 0 spiro atoms. The number of H-pyrrole nitrogens is 1. The summed E-state index contributed by atoms with van der Waals surface area (Å²) in [5, 5.41) is 3.44. The molecule has 4 rings (SSSR count). The van der Waals surface area contributed by atoms with Gasteiger partial charge in [-0.2, -0.15) is 0 Å². The highest BCUT2D eigenvalue weighted by atomic mass is 16.2. The van der Waals surface area contributed by atoms with E-state index in [1.165, 1.54) is 12.8 Å². The topological polar surface area (TPSA) is 91.0 Å². The number of carbonyl (C=O) groups is 1. The van der Waals surface area contributed by atoms with Crippen LogP contribution in [0.2, 0.25) is 0 Å². The van der Waals surface area contributed by atoms with E-state index in [4.69, 9.17) is 0 Å². The summed E-state index contributed by atoms with van der Waals surface area (Å²) < 4.78 is 0. The number of aromatic amines is 1. The maximum atomic E-state index is 12.8. The van der Waals surface area contributed by atoms with Crippen LogP contribution in [0.5, 0.6) is 0 Å². The van der Waals surface area contributed by atoms with Crippen molar-refractivity contribution in [2.24, 2.45) is 11.8 Å². The summed E-state index contributed by atoms with van der Waals surface area (Å²) in [6.07, 6.45) is 7.65. The van der Waals surface area contributed by atoms with Crippen LogP contribution < -0.4 is 10.9 Å². The monoisotopic (exact) mass is 395 g/mol. The number of likely N-dealkylation sites (tertiary alicyclic amines) is 1. The number of carbonyl (C=O) groups excluding carboxylic acids is 1. The van der Waals surface area contributed by atoms with Gasteiger partial charge in [0.1, 0.15) is 5.82 Å². The van der Waals surface area contributed by atoms with Gasteiger partial charge in [0, 0.05) is 48.7 Å². The van der Waals surface area contributed by atoms with Crippen LogP contribution in [0.15, 0.2) is 29.3 Å². The molecule has 2 saturated heterocycles. The van der Waals surface area contributed by atoms with E-state index >= 15 is 0 Å². The molecule has 0 aliphatic carbocycles. The van der Waals surface area contributed by atoms with Gasteiger partial charge in [0.15, 0.2) is 0 Å². The van der Waals surface area contributed by atoms with Gasteiger partial charge in [-0.3, -0.25) is 14.6 Å². The highest BCUT2D eigenvalue weighted by Crippen LogP contribution is 2.28. The SMILES string of the molecule is Cc1nc(-c2cccnc2)[nH]c(=O)c1CCC(=O)N1CCCC(C2CCNC2)C1. The van der Waals surface area contributed by atoms with Crippen molar-refractivity contribution in [1.29, 1.82) is 0 Å². The van der Waals surface area contributed by atoms with Crippen LogP contribution in [-0.4, -0.2) is 51.9 Å². The highest BCUT2D eigenvalue weighted by Gasteiger charge is 2.30. The van der Waals surface area contributed by atoms with Crippen molar-refractivity contribution in [3.63, 3.8) is 0 Å². The summed E-state index contributed by atoms with van der Waals surface area (Å²) >= 11 is 0. The second-order valence-electron chi connectivity index (χ2n) is 8.22. The van der Waals surface area contributed by atoms with Gasteiger partial charge in [-0.1, -0.05) is 0 Å². The van der Waals surface area contributed by atoms with Crippen molar-refractivity contribution in [3.8, 4) is 11.4 Å². The molecule has 154 valence electrons. The fourth-order valence-corrected chi connectivity index (χ4v) is 4.64. The lowest BCUT2D eigenvalue weighted by molar-refractivity contribution is -0.133. The first-order valence-electron chi connectivity index (χ1n) is 10.6. The summed E-state index contributed by atoms with van der Waals surface area (Å²) in [5.74, 6) is 1.96. The molecule has 0 aromatic carbocycles. The van der Waals surface area contributed by atoms with Crippen LogP contribution in [0, 0.1) is 18.8 Å². The van der Waals surface area contributed by atoms with Crippen LogP contribution in [0.1, 0.15) is 36.9 Å². The Bertz CT molecular complexity index is 905. The largest absolute Gasteiger partial charge is 0.342 e. The van der Waals surface area contributed by atoms with Gasteiger partial charge in [0.05, 0.1) is 0 Å². The number of pyridine rings is 1. The molecular formula is C22H29N5O2. The normalized spacial score (nSPS) is 22.0. The summed E-state index contributed by atoms with van der Waals surface area (Å²) in [6.45, 7) is 5.70. The number of rotatable bonds is 5. The molecule has 2 fully saturated rings. The first-order chi connectivity index (χ1) is 14.1. The van der Waals surface area contributed by atoms with Gasteiger partial charge in [-0.25, -0.2) is 4.98 Å². The molecule has 29 heavy (non-hydrogen) atoms. The zero-order valence-electron chi connectivity index (χ0n) is 17.0. The quantitative estimate of drug-likeness (QED) is 0.807. The molecule has 2 aliphatic heterocycles. The Labute approximate surface area is 171 Å². The van der Waals surface area contributed by atoms with E-state index in [2.05, 4.69) is 20.3 Å². The average Bonchev–Trinajstić information content (AvgIpc) is 3.28. The van der Waals surface area contributed by atoms with Crippen molar-refractivity contribution < 1.29 is 4.79 Å². The Morgan fingerprint density at radius 2 is 2.21 bits per heavy atom. The van der Waals surface area contributed by atoms with Crippen LogP contribution in [-0.2, 0) is 11.2 Å². The number of hydrogen-bond acceptors (Lipinski definition) is 5. The number of nitrogens with zero attached hydrogens (tertiary/aromatic N) is 3. The smallest absolute Gasteiger partial charge is 0.254 e. The van der Waals surface area contributed by atoms with E-state index in [9.17, 15) is 9.59 Å². The number of aryl methyl sites for hydroxylation is 1. The van der Waals surface area contributed by atoms with Crippen LogP contribution >= 0.6 is 0 Å². The lowest BCUT2D eigenvalue weighted by atomic mass is 9.85. The summed E-state index contributed by atoms with van der Waals surface area (Å²) in [5.41, 5.74) is 1.88. The second kappa shape index (κ2) is 8.86. The van der Waals surface area contributed by atoms with E-state index in [-0.39, 0.29) is 11.5 Å². The zero-order valence-corrected chi connectivity index (χ0v) is 17.0. The van der Waals surface area contributed by atoms with Gasteiger partial charge >= 0.3 is 0 Å². The van der Waals surface area contributed by atoms with Gasteiger partial charge in [0.25, 0.3) is 5.56 Å². The molecule has 4 heterocycles. The van der Waals surface area contributed by atoms with Gasteiger partial charge in [-0.05, 0) is 69.7 Å². The maximum Gasteiger partial charge on any atom is 0.254 e. The lowest BCUT2D eigenvalue weighted by Crippen LogP contribution is -2.42. The molecule has 7 nitrogen and oxygen atoms in total. The Morgan fingerprint density at radius 1 is 1.31 bits per heavy atom. The molecule has 0 saturated carbocycles. The standard InChI is InChI=1S/C22H29N5O2/c1-15-19(22(29)26-21(25-15)17-4-2-9-23-13-17)6-7-20(28)27-11-3-5-18(14-27)16-8-10-24-12-16/h2,4,9,13,16,18,24H,3,5-8,10-12,14H2,1H3,(H,25,26,29). The third kappa shape index (κ3) is 4.56. The van der Waals surface area contributed by atoms with E-state index in [0.717, 1.165) is 38.2 Å². The fourth-order valence-electron chi connectivity index (χ4n) is 4.64. The minimum Gasteiger partial charge on any atom is -0.342 e. The van der Waals surface area contributed by atoms with Crippen LogP contribution in [0.25, 0.3) is 11.4 Å². The minimum atomic E-state index is -0.169. The molecule has 7 heteroatoms. The van der Waals surface area contributed by atoms with Crippen molar-refractivity contribution in [2.45, 2.75) is 39.0 Å². The molecule has 2 aromatic rings. The molecule has 2 unspecified atom stereocenters. The number of hydrogen-bond donors (Lipinski definition) is 2. The Hall–Kier alpha value is -2.54. The maximum absolute atomic E-state index is 12.8. The average molecular weight is 396 g/mol. The number of piperidine rings is 1. The second-order valence-corrected chi connectivity index (χ2v) is 8.22. The van der Waals surface area contributed by atoms with Gasteiger partial charge < -0.3 is 15.2 Å². The third-order valence-corrected chi connectivity index (χ3v) is 6.32. The molecule has 1 amide bonds. The van der Waals surface area contributed by atoms with Crippen molar-refractivity contribution in [1.82, 2.24) is 25.2 Å². The van der Waals surface area contributed by atoms with E-state index in [1.807, 2.05) is 24.0 Å². The van der Waals surface area contributed by atoms with E-state index < -0.39 is 0 Å². The fraction of sp³-hybridized carbons (Fsp3) is 0.545. The number of nitrogens with one attached hydrogen (secondary N) is 2. The van der Waals surface area contributed by atoms with E-state index in [0.29, 0.717) is 41.8 Å². The molecule has 2 aromatic heterocycles. The highest BCUT2D eigenvalue weighted by molar-refractivity contribution is 5.76. The molecule has 2 aliphatic rings. The summed E-state index contributed by atoms with van der Waals surface area (Å²) in [4.78, 5) is 38.9. The van der Waals surface area contributed by atoms with Crippen LogP contribution in [0.4, 0.5) is 0 Å². The number of amides is 1. The zero-order chi connectivity index (χ0) is 20.2. The predicted molar refractivity (Wildman–Crippen MR) is 111 cm³/mol. The minimum absolute atomic E-state index is 0.149. The summed E-state index contributed by atoms with van der Waals surface area (Å²) in [7, 11) is 0. The Morgan fingerprint density at radius 3 is 2.93 bits per heavy atom. The predicted octanol–water partition coefficient (Wildman–Crippen LogP) is 1.92. The van der Waals surface area contributed by atoms with Crippen molar-refractivity contribution >= 4 is 5.91 Å². The Balaban J connectivity index is 1.39. The van der Waals surface area contributed by atoms with Gasteiger partial charge in [0.2, 0.25) is 5.91 Å². The number of aromatic nitrogens is 3. The summed E-state index contributed by atoms with van der Waals surface area (Å²) in [6, 6.07) is 3.67. The van der Waals surface area contributed by atoms with Gasteiger partial charge in [-0.15, -0.1) is 0 Å². The molecule has 2 N–H and O–H groups in total.